The van der Waals surface area contributed by atoms with Crippen LogP contribution in [0.2, 0.25) is 0 Å². The molecule has 0 heterocycles. The Kier molecular flexibility index (Phi) is 5.75. The van der Waals surface area contributed by atoms with Crippen LogP contribution in [0.15, 0.2) is 24.3 Å². The van der Waals surface area contributed by atoms with Gasteiger partial charge in [-0.2, -0.15) is 0 Å². The lowest BCUT2D eigenvalue weighted by atomic mass is 10.0. The molecule has 1 N–H and O–H groups in total. The van der Waals surface area contributed by atoms with Gasteiger partial charge in [-0.15, -0.1) is 0 Å². The lowest BCUT2D eigenvalue weighted by Gasteiger charge is -2.16. The van der Waals surface area contributed by atoms with E-state index in [0.717, 1.165) is 6.42 Å². The van der Waals surface area contributed by atoms with E-state index in [0.29, 0.717) is 18.4 Å². The summed E-state index contributed by atoms with van der Waals surface area (Å²) in [5, 5.41) is 3.10. The summed E-state index contributed by atoms with van der Waals surface area (Å²) in [5.74, 6) is -0.0245. The minimum atomic E-state index is -2.91. The van der Waals surface area contributed by atoms with Crippen molar-refractivity contribution in [3.05, 3.63) is 35.6 Å². The number of hydrogen-bond donors (Lipinski definition) is 1. The van der Waals surface area contributed by atoms with Gasteiger partial charge in [0.25, 0.3) is 0 Å². The van der Waals surface area contributed by atoms with Gasteiger partial charge in [0, 0.05) is 18.1 Å². The first-order chi connectivity index (χ1) is 8.42. The molecule has 0 saturated carbocycles. The Balaban J connectivity index is 2.50. The van der Waals surface area contributed by atoms with Crippen LogP contribution in [0.4, 0.5) is 4.39 Å². The van der Waals surface area contributed by atoms with Gasteiger partial charge in [-0.1, -0.05) is 18.2 Å². The summed E-state index contributed by atoms with van der Waals surface area (Å²) in [6.07, 6.45) is 3.13. The molecule has 5 heteroatoms. The molecule has 3 nitrogen and oxygen atoms in total. The van der Waals surface area contributed by atoms with Crippen molar-refractivity contribution in [2.45, 2.75) is 25.3 Å². The third-order valence-electron chi connectivity index (χ3n) is 2.90. The van der Waals surface area contributed by atoms with Crippen LogP contribution in [0.5, 0.6) is 0 Å². The van der Waals surface area contributed by atoms with Crippen LogP contribution in [0.3, 0.4) is 0 Å². The van der Waals surface area contributed by atoms with Gasteiger partial charge in [-0.25, -0.2) is 12.8 Å². The van der Waals surface area contributed by atoms with E-state index in [4.69, 9.17) is 0 Å². The highest BCUT2D eigenvalue weighted by Gasteiger charge is 2.11. The van der Waals surface area contributed by atoms with Gasteiger partial charge in [0.2, 0.25) is 0 Å². The van der Waals surface area contributed by atoms with Gasteiger partial charge in [0.05, 0.1) is 0 Å². The van der Waals surface area contributed by atoms with Crippen molar-refractivity contribution in [3.8, 4) is 0 Å². The highest BCUT2D eigenvalue weighted by atomic mass is 32.2. The van der Waals surface area contributed by atoms with Crippen LogP contribution >= 0.6 is 0 Å². The molecule has 0 aliphatic rings. The van der Waals surface area contributed by atoms with Crippen LogP contribution in [0.25, 0.3) is 0 Å². The first-order valence-corrected chi connectivity index (χ1v) is 8.07. The highest BCUT2D eigenvalue weighted by molar-refractivity contribution is 7.90. The predicted octanol–water partition coefficient (Wildman–Crippen LogP) is 1.78. The maximum Gasteiger partial charge on any atom is 0.147 e. The molecule has 0 radical (unpaired) electrons. The molecule has 0 fully saturated rings. The first-order valence-electron chi connectivity index (χ1n) is 6.01. The fourth-order valence-electron chi connectivity index (χ4n) is 1.87. The van der Waals surface area contributed by atoms with E-state index in [2.05, 4.69) is 5.32 Å². The zero-order valence-corrected chi connectivity index (χ0v) is 11.6. The molecule has 1 aromatic carbocycles. The topological polar surface area (TPSA) is 46.2 Å². The van der Waals surface area contributed by atoms with Crippen molar-refractivity contribution in [3.63, 3.8) is 0 Å². The van der Waals surface area contributed by atoms with Crippen molar-refractivity contribution >= 4 is 9.84 Å². The summed E-state index contributed by atoms with van der Waals surface area (Å²) in [5.41, 5.74) is 0.663. The van der Waals surface area contributed by atoms with E-state index in [1.807, 2.05) is 13.1 Å². The summed E-state index contributed by atoms with van der Waals surface area (Å²) >= 11 is 0. The Labute approximate surface area is 108 Å². The second-order valence-corrected chi connectivity index (χ2v) is 6.81. The summed E-state index contributed by atoms with van der Waals surface area (Å²) < 4.78 is 35.5. The van der Waals surface area contributed by atoms with Gasteiger partial charge < -0.3 is 5.32 Å². The standard InChI is InChI=1S/C13H20FNO2S/c1-15-12(7-5-9-18(2,16)17)10-11-6-3-4-8-13(11)14/h3-4,6,8,12,15H,5,7,9-10H2,1-2H3. The zero-order valence-electron chi connectivity index (χ0n) is 10.8. The number of halogens is 1. The van der Waals surface area contributed by atoms with Crippen LogP contribution in [-0.2, 0) is 16.3 Å². The lowest BCUT2D eigenvalue weighted by molar-refractivity contribution is 0.497. The highest BCUT2D eigenvalue weighted by Crippen LogP contribution is 2.12. The summed E-state index contributed by atoms with van der Waals surface area (Å²) in [4.78, 5) is 0. The Morgan fingerprint density at radius 3 is 2.56 bits per heavy atom. The van der Waals surface area contributed by atoms with E-state index in [1.54, 1.807) is 12.1 Å². The third kappa shape index (κ3) is 5.60. The Bertz CT molecular complexity index is 474. The molecule has 1 atom stereocenters. The molecule has 102 valence electrons. The monoisotopic (exact) mass is 273 g/mol. The van der Waals surface area contributed by atoms with Crippen LogP contribution in [-0.4, -0.2) is 33.5 Å². The second kappa shape index (κ2) is 6.85. The first kappa shape index (κ1) is 15.1. The zero-order chi connectivity index (χ0) is 13.6. The molecular weight excluding hydrogens is 253 g/mol. The van der Waals surface area contributed by atoms with E-state index in [-0.39, 0.29) is 17.6 Å². The summed E-state index contributed by atoms with van der Waals surface area (Å²) in [6.45, 7) is 0. The van der Waals surface area contributed by atoms with Gasteiger partial charge >= 0.3 is 0 Å². The van der Waals surface area contributed by atoms with Crippen molar-refractivity contribution in [2.24, 2.45) is 0 Å². The third-order valence-corrected chi connectivity index (χ3v) is 3.93. The smallest absolute Gasteiger partial charge is 0.147 e. The van der Waals surface area contributed by atoms with E-state index >= 15 is 0 Å². The average Bonchev–Trinajstić information content (AvgIpc) is 2.29. The quantitative estimate of drug-likeness (QED) is 0.823. The van der Waals surface area contributed by atoms with Gasteiger partial charge in [0.15, 0.2) is 0 Å². The molecule has 0 bridgehead atoms. The fourth-order valence-corrected chi connectivity index (χ4v) is 2.56. The average molecular weight is 273 g/mol. The fraction of sp³-hybridized carbons (Fsp3) is 0.538. The molecule has 0 aliphatic carbocycles. The summed E-state index contributed by atoms with van der Waals surface area (Å²) in [7, 11) is -1.10. The molecule has 0 aliphatic heterocycles. The second-order valence-electron chi connectivity index (χ2n) is 4.55. The van der Waals surface area contributed by atoms with E-state index in [1.165, 1.54) is 12.3 Å². The number of sulfone groups is 1. The lowest BCUT2D eigenvalue weighted by Crippen LogP contribution is -2.28. The summed E-state index contributed by atoms with van der Waals surface area (Å²) in [6, 6.07) is 6.77. The molecule has 0 amide bonds. The molecular formula is C13H20FNO2S. The van der Waals surface area contributed by atoms with Crippen molar-refractivity contribution in [1.29, 1.82) is 0 Å². The predicted molar refractivity (Wildman–Crippen MR) is 71.9 cm³/mol. The van der Waals surface area contributed by atoms with Gasteiger partial charge in [0.1, 0.15) is 15.7 Å². The van der Waals surface area contributed by atoms with Crippen LogP contribution in [0, 0.1) is 5.82 Å². The number of hydrogen-bond acceptors (Lipinski definition) is 3. The maximum absolute atomic E-state index is 13.5. The number of rotatable bonds is 7. The molecule has 1 unspecified atom stereocenters. The van der Waals surface area contributed by atoms with Gasteiger partial charge in [-0.3, -0.25) is 0 Å². The van der Waals surface area contributed by atoms with E-state index < -0.39 is 9.84 Å². The SMILES string of the molecule is CNC(CCCS(C)(=O)=O)Cc1ccccc1F. The molecule has 18 heavy (non-hydrogen) atoms. The van der Waals surface area contributed by atoms with Crippen LogP contribution in [0.1, 0.15) is 18.4 Å². The van der Waals surface area contributed by atoms with Crippen molar-refractivity contribution in [1.82, 2.24) is 5.32 Å². The minimum absolute atomic E-state index is 0.101. The largest absolute Gasteiger partial charge is 0.317 e. The molecule has 1 aromatic rings. The van der Waals surface area contributed by atoms with Crippen molar-refractivity contribution < 1.29 is 12.8 Å². The van der Waals surface area contributed by atoms with E-state index in [9.17, 15) is 12.8 Å². The van der Waals surface area contributed by atoms with Crippen molar-refractivity contribution in [2.75, 3.05) is 19.1 Å². The number of nitrogens with one attached hydrogen (secondary N) is 1. The molecule has 0 aromatic heterocycles. The molecule has 0 saturated heterocycles. The Morgan fingerprint density at radius 1 is 1.33 bits per heavy atom. The van der Waals surface area contributed by atoms with Crippen LogP contribution < -0.4 is 5.32 Å². The normalized spacial score (nSPS) is 13.5. The Morgan fingerprint density at radius 2 is 2.00 bits per heavy atom. The Hall–Kier alpha value is -0.940. The molecule has 0 spiro atoms. The maximum atomic E-state index is 13.5. The molecule has 1 rings (SSSR count). The van der Waals surface area contributed by atoms with Gasteiger partial charge in [-0.05, 0) is 37.9 Å². The number of benzene rings is 1. The minimum Gasteiger partial charge on any atom is -0.317 e. The number of likely N-dealkylation sites (N-methyl/N-ethyl adjacent to an activating group) is 1.